The number of aromatic nitrogens is 1. The first-order chi connectivity index (χ1) is 8.74. The quantitative estimate of drug-likeness (QED) is 0.819. The van der Waals surface area contributed by atoms with Crippen LogP contribution in [-0.2, 0) is 11.3 Å². The summed E-state index contributed by atoms with van der Waals surface area (Å²) in [7, 11) is 0. The number of nitrogens with one attached hydrogen (secondary N) is 1. The van der Waals surface area contributed by atoms with E-state index >= 15 is 0 Å². The highest BCUT2D eigenvalue weighted by atomic mass is 16.1. The van der Waals surface area contributed by atoms with Crippen molar-refractivity contribution in [2.75, 3.05) is 5.32 Å². The number of para-hydroxylation sites is 1. The molecule has 0 aliphatic heterocycles. The first-order valence-corrected chi connectivity index (χ1v) is 6.05. The fourth-order valence-corrected chi connectivity index (χ4v) is 1.66. The number of amides is 1. The summed E-state index contributed by atoms with van der Waals surface area (Å²) in [5.41, 5.74) is 2.07. The number of rotatable bonds is 4. The summed E-state index contributed by atoms with van der Waals surface area (Å²) < 4.78 is 2.01. The van der Waals surface area contributed by atoms with Gasteiger partial charge in [-0.15, -0.1) is 0 Å². The van der Waals surface area contributed by atoms with Crippen molar-refractivity contribution in [3.8, 4) is 0 Å². The highest BCUT2D eigenvalue weighted by Crippen LogP contribution is 2.05. The van der Waals surface area contributed by atoms with Gasteiger partial charge >= 0.3 is 0 Å². The summed E-state index contributed by atoms with van der Waals surface area (Å²) in [4.78, 5) is 11.7. The Kier molecular flexibility index (Phi) is 4.07. The van der Waals surface area contributed by atoms with Crippen LogP contribution in [0.3, 0.4) is 0 Å². The van der Waals surface area contributed by atoms with E-state index in [4.69, 9.17) is 0 Å². The molecule has 0 spiro atoms. The maximum absolute atomic E-state index is 11.7. The van der Waals surface area contributed by atoms with E-state index in [9.17, 15) is 4.79 Å². The third kappa shape index (κ3) is 3.70. The van der Waals surface area contributed by atoms with Gasteiger partial charge in [0, 0.05) is 17.8 Å². The van der Waals surface area contributed by atoms with Crippen LogP contribution in [0.15, 0.2) is 54.9 Å². The Morgan fingerprint density at radius 2 is 1.78 bits per heavy atom. The molecule has 18 heavy (non-hydrogen) atoms. The Hall–Kier alpha value is -2.16. The van der Waals surface area contributed by atoms with E-state index in [2.05, 4.69) is 5.32 Å². The van der Waals surface area contributed by atoms with Gasteiger partial charge in [0.05, 0.1) is 6.42 Å². The number of carbonyl (C=O) groups excluding carboxylic acids is 1. The van der Waals surface area contributed by atoms with Gasteiger partial charge in [-0.05, 0) is 24.6 Å². The minimum atomic E-state index is 0.0364. The lowest BCUT2D eigenvalue weighted by Crippen LogP contribution is -2.34. The monoisotopic (exact) mass is 241 g/mol. The lowest BCUT2D eigenvalue weighted by molar-refractivity contribution is -0.695. The van der Waals surface area contributed by atoms with Crippen molar-refractivity contribution >= 4 is 11.6 Å². The van der Waals surface area contributed by atoms with Gasteiger partial charge in [-0.1, -0.05) is 18.2 Å². The summed E-state index contributed by atoms with van der Waals surface area (Å²) in [5, 5.41) is 2.87. The summed E-state index contributed by atoms with van der Waals surface area (Å²) >= 11 is 0. The zero-order valence-corrected chi connectivity index (χ0v) is 10.5. The zero-order chi connectivity index (χ0) is 12.8. The van der Waals surface area contributed by atoms with Crippen molar-refractivity contribution in [3.05, 3.63) is 60.4 Å². The molecule has 3 heteroatoms. The first-order valence-electron chi connectivity index (χ1n) is 6.05. The SMILES string of the molecule is Cc1cc[n+](CCC(=O)Nc2ccccc2)cc1. The van der Waals surface area contributed by atoms with Crippen LogP contribution in [0.4, 0.5) is 5.69 Å². The van der Waals surface area contributed by atoms with Crippen molar-refractivity contribution in [2.24, 2.45) is 0 Å². The Morgan fingerprint density at radius 3 is 2.44 bits per heavy atom. The number of pyridine rings is 1. The smallest absolute Gasteiger partial charge is 0.230 e. The standard InChI is InChI=1S/C15H16N2O/c1-13-7-10-17(11-8-13)12-9-15(18)16-14-5-3-2-4-6-14/h2-8,10-11H,9,12H2,1H3/p+1. The molecule has 1 N–H and O–H groups in total. The highest BCUT2D eigenvalue weighted by molar-refractivity contribution is 5.90. The van der Waals surface area contributed by atoms with E-state index in [-0.39, 0.29) is 5.91 Å². The molecule has 0 fully saturated rings. The molecule has 0 aliphatic carbocycles. The van der Waals surface area contributed by atoms with Gasteiger partial charge in [0.2, 0.25) is 5.91 Å². The molecule has 2 rings (SSSR count). The van der Waals surface area contributed by atoms with Crippen LogP contribution in [0.25, 0.3) is 0 Å². The third-order valence-corrected chi connectivity index (χ3v) is 2.71. The number of anilines is 1. The second-order valence-electron chi connectivity index (χ2n) is 4.28. The van der Waals surface area contributed by atoms with Gasteiger partial charge in [0.1, 0.15) is 0 Å². The lowest BCUT2D eigenvalue weighted by Gasteiger charge is -2.03. The Labute approximate surface area is 107 Å². The summed E-state index contributed by atoms with van der Waals surface area (Å²) in [6, 6.07) is 13.6. The van der Waals surface area contributed by atoms with Crippen LogP contribution >= 0.6 is 0 Å². The van der Waals surface area contributed by atoms with Crippen LogP contribution in [-0.4, -0.2) is 5.91 Å². The van der Waals surface area contributed by atoms with E-state index < -0.39 is 0 Å². The topological polar surface area (TPSA) is 33.0 Å². The van der Waals surface area contributed by atoms with E-state index in [0.29, 0.717) is 13.0 Å². The molecule has 0 saturated carbocycles. The molecule has 0 bridgehead atoms. The number of hydrogen-bond donors (Lipinski definition) is 1. The van der Waals surface area contributed by atoms with Gasteiger partial charge in [-0.25, -0.2) is 4.57 Å². The maximum atomic E-state index is 11.7. The molecule has 0 atom stereocenters. The van der Waals surface area contributed by atoms with Gasteiger partial charge in [-0.3, -0.25) is 4.79 Å². The van der Waals surface area contributed by atoms with Crippen LogP contribution in [0.1, 0.15) is 12.0 Å². The van der Waals surface area contributed by atoms with E-state index in [1.807, 2.05) is 66.3 Å². The molecule has 2 aromatic rings. The molecule has 0 unspecified atom stereocenters. The molecule has 0 aliphatic rings. The second kappa shape index (κ2) is 5.96. The maximum Gasteiger partial charge on any atom is 0.230 e. The number of carbonyl (C=O) groups is 1. The average Bonchev–Trinajstić information content (AvgIpc) is 2.39. The first kappa shape index (κ1) is 12.3. The molecule has 1 heterocycles. The Balaban J connectivity index is 1.83. The molecule has 1 amide bonds. The van der Waals surface area contributed by atoms with Crippen molar-refractivity contribution in [2.45, 2.75) is 19.9 Å². The highest BCUT2D eigenvalue weighted by Gasteiger charge is 2.06. The molecule has 1 aromatic heterocycles. The van der Waals surface area contributed by atoms with Crippen LogP contribution < -0.4 is 9.88 Å². The molecule has 0 radical (unpaired) electrons. The van der Waals surface area contributed by atoms with E-state index in [1.54, 1.807) is 0 Å². The van der Waals surface area contributed by atoms with Crippen molar-refractivity contribution < 1.29 is 9.36 Å². The fraction of sp³-hybridized carbons (Fsp3) is 0.200. The fourth-order valence-electron chi connectivity index (χ4n) is 1.66. The van der Waals surface area contributed by atoms with Crippen molar-refractivity contribution in [1.82, 2.24) is 0 Å². The van der Waals surface area contributed by atoms with Crippen molar-refractivity contribution in [1.29, 1.82) is 0 Å². The average molecular weight is 241 g/mol. The predicted molar refractivity (Wildman–Crippen MR) is 71.1 cm³/mol. The van der Waals surface area contributed by atoms with Crippen LogP contribution in [0, 0.1) is 6.92 Å². The van der Waals surface area contributed by atoms with Crippen LogP contribution in [0.2, 0.25) is 0 Å². The van der Waals surface area contributed by atoms with Gasteiger partial charge in [0.25, 0.3) is 0 Å². The minimum Gasteiger partial charge on any atom is -0.326 e. The Bertz CT molecular complexity index is 506. The summed E-state index contributed by atoms with van der Waals surface area (Å²) in [6.07, 6.45) is 4.46. The number of benzene rings is 1. The zero-order valence-electron chi connectivity index (χ0n) is 10.5. The molecular formula is C15H17N2O+. The van der Waals surface area contributed by atoms with Crippen molar-refractivity contribution in [3.63, 3.8) is 0 Å². The van der Waals surface area contributed by atoms with E-state index in [1.165, 1.54) is 5.56 Å². The van der Waals surface area contributed by atoms with Gasteiger partial charge < -0.3 is 5.32 Å². The summed E-state index contributed by atoms with van der Waals surface area (Å²) in [6.45, 7) is 2.74. The normalized spacial score (nSPS) is 10.1. The number of aryl methyl sites for hydroxylation is 2. The number of hydrogen-bond acceptors (Lipinski definition) is 1. The molecule has 92 valence electrons. The minimum absolute atomic E-state index is 0.0364. The third-order valence-electron chi connectivity index (χ3n) is 2.71. The number of nitrogens with zero attached hydrogens (tertiary/aromatic N) is 1. The lowest BCUT2D eigenvalue weighted by atomic mass is 10.3. The summed E-state index contributed by atoms with van der Waals surface area (Å²) in [5.74, 6) is 0.0364. The molecule has 3 nitrogen and oxygen atoms in total. The second-order valence-corrected chi connectivity index (χ2v) is 4.28. The predicted octanol–water partition coefficient (Wildman–Crippen LogP) is 2.31. The van der Waals surface area contributed by atoms with Gasteiger partial charge in [-0.2, -0.15) is 0 Å². The molecule has 1 aromatic carbocycles. The largest absolute Gasteiger partial charge is 0.326 e. The van der Waals surface area contributed by atoms with E-state index in [0.717, 1.165) is 5.69 Å². The van der Waals surface area contributed by atoms with Crippen LogP contribution in [0.5, 0.6) is 0 Å². The Morgan fingerprint density at radius 1 is 1.11 bits per heavy atom. The molecule has 0 saturated heterocycles. The molecular weight excluding hydrogens is 224 g/mol. The van der Waals surface area contributed by atoms with Gasteiger partial charge in [0.15, 0.2) is 18.9 Å².